The molecule has 0 saturated carbocycles. The SMILES string of the molecule is CCCCCCCCCCCCOC(=O)CC(=O)OCCCCCCCCCCCC.[KH].[KH]. The van der Waals surface area contributed by atoms with Gasteiger partial charge >= 0.3 is 115 Å². The van der Waals surface area contributed by atoms with Gasteiger partial charge in [-0.3, -0.25) is 9.59 Å². The van der Waals surface area contributed by atoms with E-state index in [4.69, 9.17) is 9.47 Å². The van der Waals surface area contributed by atoms with Gasteiger partial charge in [0.25, 0.3) is 0 Å². The molecule has 0 amide bonds. The van der Waals surface area contributed by atoms with Gasteiger partial charge in [0.15, 0.2) is 0 Å². The molecule has 0 heterocycles. The Hall–Kier alpha value is 2.21. The molecular formula is C27H54K2O4. The summed E-state index contributed by atoms with van der Waals surface area (Å²) in [6, 6.07) is 0. The van der Waals surface area contributed by atoms with Crippen molar-refractivity contribution in [3.8, 4) is 0 Å². The minimum absolute atomic E-state index is 0. The molecule has 0 bridgehead atoms. The van der Waals surface area contributed by atoms with E-state index < -0.39 is 11.9 Å². The average Bonchev–Trinajstić information content (AvgIpc) is 2.75. The van der Waals surface area contributed by atoms with Crippen molar-refractivity contribution >= 4 is 115 Å². The molecule has 0 atom stereocenters. The van der Waals surface area contributed by atoms with Crippen LogP contribution in [0.4, 0.5) is 0 Å². The predicted molar refractivity (Wildman–Crippen MR) is 145 cm³/mol. The Labute approximate surface area is 291 Å². The van der Waals surface area contributed by atoms with Crippen molar-refractivity contribution in [1.82, 2.24) is 0 Å². The van der Waals surface area contributed by atoms with Crippen LogP contribution in [0.15, 0.2) is 0 Å². The molecule has 0 aromatic heterocycles. The van der Waals surface area contributed by atoms with E-state index in [1.54, 1.807) is 0 Å². The summed E-state index contributed by atoms with van der Waals surface area (Å²) in [5.41, 5.74) is 0. The molecule has 188 valence electrons. The second-order valence-electron chi connectivity index (χ2n) is 8.98. The van der Waals surface area contributed by atoms with Gasteiger partial charge in [-0.25, -0.2) is 0 Å². The van der Waals surface area contributed by atoms with E-state index >= 15 is 0 Å². The Morgan fingerprint density at radius 3 is 0.939 bits per heavy atom. The third-order valence-electron chi connectivity index (χ3n) is 5.81. The first-order valence-corrected chi connectivity index (χ1v) is 13.5. The van der Waals surface area contributed by atoms with Gasteiger partial charge in [0.2, 0.25) is 0 Å². The number of rotatable bonds is 24. The van der Waals surface area contributed by atoms with Crippen molar-refractivity contribution in [1.29, 1.82) is 0 Å². The summed E-state index contributed by atoms with van der Waals surface area (Å²) >= 11 is 0. The first-order chi connectivity index (χ1) is 15.2. The zero-order valence-electron chi connectivity index (χ0n) is 20.9. The molecule has 0 saturated heterocycles. The number of carbonyl (C=O) groups is 2. The van der Waals surface area contributed by atoms with E-state index in [9.17, 15) is 9.59 Å². The normalized spacial score (nSPS) is 10.2. The molecule has 0 aromatic carbocycles. The molecule has 0 aromatic rings. The van der Waals surface area contributed by atoms with Crippen molar-refractivity contribution < 1.29 is 19.1 Å². The van der Waals surface area contributed by atoms with Gasteiger partial charge in [-0.05, 0) is 12.8 Å². The van der Waals surface area contributed by atoms with Crippen molar-refractivity contribution in [2.75, 3.05) is 13.2 Å². The first kappa shape index (κ1) is 39.7. The van der Waals surface area contributed by atoms with Crippen molar-refractivity contribution in [3.63, 3.8) is 0 Å². The topological polar surface area (TPSA) is 52.6 Å². The summed E-state index contributed by atoms with van der Waals surface area (Å²) in [6.07, 6.45) is 24.7. The summed E-state index contributed by atoms with van der Waals surface area (Å²) in [6.45, 7) is 5.33. The van der Waals surface area contributed by atoms with E-state index in [0.29, 0.717) is 13.2 Å². The predicted octanol–water partition coefficient (Wildman–Crippen LogP) is 7.01. The van der Waals surface area contributed by atoms with E-state index in [-0.39, 0.29) is 109 Å². The summed E-state index contributed by atoms with van der Waals surface area (Å²) in [5.74, 6) is -0.909. The van der Waals surface area contributed by atoms with Crippen LogP contribution in [0.1, 0.15) is 149 Å². The zero-order valence-corrected chi connectivity index (χ0v) is 20.9. The molecule has 0 spiro atoms. The Morgan fingerprint density at radius 2 is 0.667 bits per heavy atom. The molecule has 0 aliphatic rings. The third kappa shape index (κ3) is 34.2. The molecular weight excluding hydrogens is 466 g/mol. The van der Waals surface area contributed by atoms with Crippen molar-refractivity contribution in [2.24, 2.45) is 0 Å². The Morgan fingerprint density at radius 1 is 0.424 bits per heavy atom. The molecule has 6 heteroatoms. The summed E-state index contributed by atoms with van der Waals surface area (Å²) in [7, 11) is 0. The van der Waals surface area contributed by atoms with Gasteiger partial charge in [-0.2, -0.15) is 0 Å². The Bertz CT molecular complexity index is 370. The van der Waals surface area contributed by atoms with E-state index in [1.165, 1.54) is 103 Å². The van der Waals surface area contributed by atoms with Crippen molar-refractivity contribution in [2.45, 2.75) is 149 Å². The Kier molecular flexibility index (Phi) is 41.2. The Balaban J connectivity index is -0.00000450. The van der Waals surface area contributed by atoms with Crippen LogP contribution in [0.2, 0.25) is 0 Å². The van der Waals surface area contributed by atoms with Crippen LogP contribution in [0.5, 0.6) is 0 Å². The molecule has 0 aliphatic carbocycles. The van der Waals surface area contributed by atoms with E-state index in [1.807, 2.05) is 0 Å². The fourth-order valence-corrected chi connectivity index (χ4v) is 3.77. The monoisotopic (exact) mass is 520 g/mol. The van der Waals surface area contributed by atoms with E-state index in [2.05, 4.69) is 13.8 Å². The first-order valence-electron chi connectivity index (χ1n) is 13.5. The molecule has 0 fully saturated rings. The number of esters is 2. The fourth-order valence-electron chi connectivity index (χ4n) is 3.77. The summed E-state index contributed by atoms with van der Waals surface area (Å²) in [4.78, 5) is 23.4. The maximum absolute atomic E-state index is 11.7. The van der Waals surface area contributed by atoms with Gasteiger partial charge in [0.1, 0.15) is 6.42 Å². The second-order valence-corrected chi connectivity index (χ2v) is 8.98. The van der Waals surface area contributed by atoms with E-state index in [0.717, 1.165) is 25.7 Å². The van der Waals surface area contributed by atoms with Crippen LogP contribution in [0.3, 0.4) is 0 Å². The zero-order chi connectivity index (χ0) is 22.8. The van der Waals surface area contributed by atoms with Gasteiger partial charge in [-0.15, -0.1) is 0 Å². The van der Waals surface area contributed by atoms with Crippen LogP contribution in [-0.4, -0.2) is 128 Å². The quantitative estimate of drug-likeness (QED) is 0.0594. The third-order valence-corrected chi connectivity index (χ3v) is 5.81. The molecule has 33 heavy (non-hydrogen) atoms. The molecule has 0 unspecified atom stereocenters. The molecule has 4 nitrogen and oxygen atoms in total. The maximum atomic E-state index is 11.7. The van der Waals surface area contributed by atoms with Gasteiger partial charge in [-0.1, -0.05) is 129 Å². The van der Waals surface area contributed by atoms with Gasteiger partial charge < -0.3 is 9.47 Å². The van der Waals surface area contributed by atoms with Crippen LogP contribution in [0, 0.1) is 0 Å². The number of unbranched alkanes of at least 4 members (excludes halogenated alkanes) is 18. The summed E-state index contributed by atoms with van der Waals surface area (Å²) in [5, 5.41) is 0. The molecule has 0 N–H and O–H groups in total. The van der Waals surface area contributed by atoms with Crippen LogP contribution in [-0.2, 0) is 19.1 Å². The number of hydrogen-bond acceptors (Lipinski definition) is 4. The molecule has 0 aliphatic heterocycles. The van der Waals surface area contributed by atoms with Gasteiger partial charge in [0, 0.05) is 0 Å². The molecule has 0 rings (SSSR count). The standard InChI is InChI=1S/C27H52O4.2K.2H/c1-3-5-7-9-11-13-15-17-19-21-23-30-26(28)25-27(29)31-24-22-20-18-16-14-12-10-8-6-4-2;;;;/h3-25H2,1-2H3;;;;. The summed E-state index contributed by atoms with van der Waals surface area (Å²) < 4.78 is 10.3. The second kappa shape index (κ2) is 34.2. The van der Waals surface area contributed by atoms with Crippen LogP contribution in [0.25, 0.3) is 0 Å². The minimum atomic E-state index is -0.455. The van der Waals surface area contributed by atoms with Gasteiger partial charge in [0.05, 0.1) is 13.2 Å². The number of carbonyl (C=O) groups excluding carboxylic acids is 2. The number of ether oxygens (including phenoxy) is 2. The van der Waals surface area contributed by atoms with Crippen LogP contribution >= 0.6 is 0 Å². The fraction of sp³-hybridized carbons (Fsp3) is 0.926. The van der Waals surface area contributed by atoms with Crippen LogP contribution < -0.4 is 0 Å². The molecule has 0 radical (unpaired) electrons. The number of hydrogen-bond donors (Lipinski definition) is 0. The average molecular weight is 521 g/mol. The van der Waals surface area contributed by atoms with Crippen molar-refractivity contribution in [3.05, 3.63) is 0 Å².